The molecule has 128 valence electrons. The number of rotatable bonds is 3. The van der Waals surface area contributed by atoms with Gasteiger partial charge in [-0.1, -0.05) is 6.92 Å². The highest BCUT2D eigenvalue weighted by atomic mass is 35.5. The zero-order valence-corrected chi connectivity index (χ0v) is 14.7. The van der Waals surface area contributed by atoms with E-state index in [2.05, 4.69) is 22.0 Å². The van der Waals surface area contributed by atoms with E-state index >= 15 is 0 Å². The lowest BCUT2D eigenvalue weighted by atomic mass is 9.94. The van der Waals surface area contributed by atoms with Crippen LogP contribution in [0.4, 0.5) is 0 Å². The number of hydrogen-bond acceptors (Lipinski definition) is 3. The average molecular weight is 330 g/mol. The molecule has 3 saturated heterocycles. The van der Waals surface area contributed by atoms with E-state index in [4.69, 9.17) is 0 Å². The van der Waals surface area contributed by atoms with Crippen LogP contribution in [-0.4, -0.2) is 61.0 Å². The molecular formula is C17H32ClN3O. The van der Waals surface area contributed by atoms with Crippen molar-refractivity contribution in [3.63, 3.8) is 0 Å². The lowest BCUT2D eigenvalue weighted by Gasteiger charge is -2.38. The number of nitrogens with one attached hydrogen (secondary N) is 1. The lowest BCUT2D eigenvalue weighted by Crippen LogP contribution is -2.50. The van der Waals surface area contributed by atoms with Crippen molar-refractivity contribution in [2.45, 2.75) is 51.5 Å². The smallest absolute Gasteiger partial charge is 0.239 e. The van der Waals surface area contributed by atoms with Gasteiger partial charge in [-0.05, 0) is 70.0 Å². The molecule has 0 spiro atoms. The summed E-state index contributed by atoms with van der Waals surface area (Å²) in [4.78, 5) is 17.3. The number of nitrogens with zero attached hydrogens (tertiary/aromatic N) is 2. The Morgan fingerprint density at radius 1 is 1.09 bits per heavy atom. The van der Waals surface area contributed by atoms with Crippen molar-refractivity contribution in [1.82, 2.24) is 15.1 Å². The van der Waals surface area contributed by atoms with Gasteiger partial charge in [-0.2, -0.15) is 0 Å². The van der Waals surface area contributed by atoms with Gasteiger partial charge in [0.1, 0.15) is 0 Å². The van der Waals surface area contributed by atoms with Gasteiger partial charge in [0.05, 0.1) is 6.04 Å². The van der Waals surface area contributed by atoms with Crippen LogP contribution in [-0.2, 0) is 4.79 Å². The molecule has 22 heavy (non-hydrogen) atoms. The van der Waals surface area contributed by atoms with Crippen LogP contribution in [0.1, 0.15) is 45.4 Å². The van der Waals surface area contributed by atoms with Gasteiger partial charge in [-0.15, -0.1) is 12.4 Å². The maximum atomic E-state index is 12.5. The van der Waals surface area contributed by atoms with Gasteiger partial charge in [0.25, 0.3) is 0 Å². The summed E-state index contributed by atoms with van der Waals surface area (Å²) in [6, 6.07) is 0.111. The quantitative estimate of drug-likeness (QED) is 0.861. The molecule has 4 nitrogen and oxygen atoms in total. The molecule has 0 bridgehead atoms. The average Bonchev–Trinajstić information content (AvgIpc) is 3.03. The Bertz CT molecular complexity index is 352. The first-order valence-corrected chi connectivity index (χ1v) is 8.97. The highest BCUT2D eigenvalue weighted by Crippen LogP contribution is 2.23. The first-order valence-electron chi connectivity index (χ1n) is 8.97. The summed E-state index contributed by atoms with van der Waals surface area (Å²) in [7, 11) is 0. The SMILES string of the molecule is CC1CCN(CC2CCCN(C(=O)[C@@H]3CCCN3)C2)CC1.Cl. The lowest BCUT2D eigenvalue weighted by molar-refractivity contribution is -0.135. The Morgan fingerprint density at radius 3 is 2.55 bits per heavy atom. The molecule has 0 aromatic heterocycles. The van der Waals surface area contributed by atoms with Crippen LogP contribution >= 0.6 is 12.4 Å². The number of likely N-dealkylation sites (tertiary alicyclic amines) is 2. The normalized spacial score (nSPS) is 31.0. The van der Waals surface area contributed by atoms with Crippen molar-refractivity contribution < 1.29 is 4.79 Å². The molecule has 1 unspecified atom stereocenters. The second-order valence-electron chi connectivity index (χ2n) is 7.42. The Kier molecular flexibility index (Phi) is 6.97. The van der Waals surface area contributed by atoms with Gasteiger partial charge < -0.3 is 15.1 Å². The molecule has 0 aromatic carbocycles. The molecule has 3 fully saturated rings. The van der Waals surface area contributed by atoms with Gasteiger partial charge in [-0.25, -0.2) is 0 Å². The Balaban J connectivity index is 0.00000176. The van der Waals surface area contributed by atoms with Crippen molar-refractivity contribution in [2.24, 2.45) is 11.8 Å². The summed E-state index contributed by atoms with van der Waals surface area (Å²) in [5.41, 5.74) is 0. The van der Waals surface area contributed by atoms with E-state index in [0.717, 1.165) is 38.4 Å². The highest BCUT2D eigenvalue weighted by molar-refractivity contribution is 5.85. The van der Waals surface area contributed by atoms with Crippen LogP contribution in [0.15, 0.2) is 0 Å². The fourth-order valence-electron chi connectivity index (χ4n) is 4.14. The van der Waals surface area contributed by atoms with E-state index in [1.54, 1.807) is 0 Å². The summed E-state index contributed by atoms with van der Waals surface area (Å²) < 4.78 is 0. The largest absolute Gasteiger partial charge is 0.341 e. The van der Waals surface area contributed by atoms with E-state index in [1.807, 2.05) is 0 Å². The predicted molar refractivity (Wildman–Crippen MR) is 92.4 cm³/mol. The van der Waals surface area contributed by atoms with Crippen molar-refractivity contribution in [1.29, 1.82) is 0 Å². The number of piperidine rings is 2. The second-order valence-corrected chi connectivity index (χ2v) is 7.42. The molecule has 2 atom stereocenters. The molecule has 3 aliphatic rings. The summed E-state index contributed by atoms with van der Waals surface area (Å²) in [5, 5.41) is 3.35. The van der Waals surface area contributed by atoms with Gasteiger partial charge in [0, 0.05) is 19.6 Å². The fraction of sp³-hybridized carbons (Fsp3) is 0.941. The molecular weight excluding hydrogens is 298 g/mol. The van der Waals surface area contributed by atoms with E-state index in [1.165, 1.54) is 45.3 Å². The van der Waals surface area contributed by atoms with Gasteiger partial charge in [0.15, 0.2) is 0 Å². The van der Waals surface area contributed by atoms with E-state index in [0.29, 0.717) is 11.8 Å². The number of hydrogen-bond donors (Lipinski definition) is 1. The second kappa shape index (κ2) is 8.51. The first-order chi connectivity index (χ1) is 10.2. The van der Waals surface area contributed by atoms with Crippen molar-refractivity contribution in [2.75, 3.05) is 39.3 Å². The van der Waals surface area contributed by atoms with Crippen LogP contribution < -0.4 is 5.32 Å². The van der Waals surface area contributed by atoms with Crippen LogP contribution in [0.5, 0.6) is 0 Å². The van der Waals surface area contributed by atoms with Crippen LogP contribution in [0.25, 0.3) is 0 Å². The number of carbonyl (C=O) groups excluding carboxylic acids is 1. The topological polar surface area (TPSA) is 35.6 Å². The third kappa shape index (κ3) is 4.59. The molecule has 5 heteroatoms. The minimum absolute atomic E-state index is 0. The number of carbonyl (C=O) groups is 1. The minimum atomic E-state index is 0. The first kappa shape index (κ1) is 18.0. The predicted octanol–water partition coefficient (Wildman–Crippen LogP) is 2.13. The van der Waals surface area contributed by atoms with Gasteiger partial charge in [0.2, 0.25) is 5.91 Å². The Morgan fingerprint density at radius 2 is 1.86 bits per heavy atom. The Labute approximate surface area is 141 Å². The maximum Gasteiger partial charge on any atom is 0.239 e. The monoisotopic (exact) mass is 329 g/mol. The molecule has 0 radical (unpaired) electrons. The van der Waals surface area contributed by atoms with Crippen LogP contribution in [0.2, 0.25) is 0 Å². The van der Waals surface area contributed by atoms with Gasteiger partial charge >= 0.3 is 0 Å². The third-order valence-corrected chi connectivity index (χ3v) is 5.58. The molecule has 3 heterocycles. The highest BCUT2D eigenvalue weighted by Gasteiger charge is 2.31. The molecule has 0 saturated carbocycles. The summed E-state index contributed by atoms with van der Waals surface area (Å²) in [6.07, 6.45) is 7.37. The third-order valence-electron chi connectivity index (χ3n) is 5.58. The van der Waals surface area contributed by atoms with Crippen molar-refractivity contribution in [3.8, 4) is 0 Å². The molecule has 3 rings (SSSR count). The number of amides is 1. The minimum Gasteiger partial charge on any atom is -0.341 e. The molecule has 0 aromatic rings. The Hall–Kier alpha value is -0.320. The summed E-state index contributed by atoms with van der Waals surface area (Å²) in [6.45, 7) is 9.07. The van der Waals surface area contributed by atoms with E-state index in [-0.39, 0.29) is 18.4 Å². The van der Waals surface area contributed by atoms with Crippen molar-refractivity contribution >= 4 is 18.3 Å². The summed E-state index contributed by atoms with van der Waals surface area (Å²) in [5.74, 6) is 1.96. The maximum absolute atomic E-state index is 12.5. The molecule has 0 aliphatic carbocycles. The zero-order chi connectivity index (χ0) is 14.7. The van der Waals surface area contributed by atoms with Gasteiger partial charge in [-0.3, -0.25) is 4.79 Å². The molecule has 3 aliphatic heterocycles. The van der Waals surface area contributed by atoms with Crippen LogP contribution in [0, 0.1) is 11.8 Å². The molecule has 1 amide bonds. The van der Waals surface area contributed by atoms with E-state index < -0.39 is 0 Å². The van der Waals surface area contributed by atoms with Crippen LogP contribution in [0.3, 0.4) is 0 Å². The standard InChI is InChI=1S/C17H31N3O.ClH/c1-14-6-10-19(11-7-14)12-15-4-3-9-20(13-15)17(21)16-5-2-8-18-16;/h14-16,18H,2-13H2,1H3;1H/t15?,16-;/m0./s1. The fourth-order valence-corrected chi connectivity index (χ4v) is 4.14. The molecule has 1 N–H and O–H groups in total. The van der Waals surface area contributed by atoms with E-state index in [9.17, 15) is 4.79 Å². The van der Waals surface area contributed by atoms with Crippen molar-refractivity contribution in [3.05, 3.63) is 0 Å². The number of halogens is 1. The summed E-state index contributed by atoms with van der Waals surface area (Å²) >= 11 is 0. The zero-order valence-electron chi connectivity index (χ0n) is 13.9.